The highest BCUT2D eigenvalue weighted by Crippen LogP contribution is 2.44. The molecule has 7 nitrogen and oxygen atoms in total. The van der Waals surface area contributed by atoms with Gasteiger partial charge in [-0.05, 0) is 40.5 Å². The number of fused-ring (bicyclic) bond motifs is 3. The summed E-state index contributed by atoms with van der Waals surface area (Å²) in [5.41, 5.74) is 4.91. The van der Waals surface area contributed by atoms with Gasteiger partial charge in [0.05, 0.1) is 17.9 Å². The van der Waals surface area contributed by atoms with Crippen molar-refractivity contribution in [3.05, 3.63) is 83.4 Å². The van der Waals surface area contributed by atoms with Gasteiger partial charge in [-0.1, -0.05) is 48.5 Å². The number of aromatic carboxylic acids is 1. The molecule has 1 aliphatic carbocycles. The van der Waals surface area contributed by atoms with Crippen LogP contribution in [0, 0.1) is 0 Å². The summed E-state index contributed by atoms with van der Waals surface area (Å²) in [4.78, 5) is 23.8. The van der Waals surface area contributed by atoms with Crippen molar-refractivity contribution in [2.24, 2.45) is 0 Å². The maximum absolute atomic E-state index is 12.6. The van der Waals surface area contributed by atoms with Crippen molar-refractivity contribution in [1.82, 2.24) is 0 Å². The molecule has 0 atom stereocenters. The van der Waals surface area contributed by atoms with Crippen LogP contribution in [0.5, 0.6) is 5.75 Å². The molecule has 1 amide bonds. The van der Waals surface area contributed by atoms with Gasteiger partial charge in [0, 0.05) is 13.0 Å². The predicted molar refractivity (Wildman–Crippen MR) is 119 cm³/mol. The number of rotatable bonds is 8. The van der Waals surface area contributed by atoms with Gasteiger partial charge in [0.1, 0.15) is 19.0 Å². The first-order chi connectivity index (χ1) is 15.6. The minimum absolute atomic E-state index is 0.0514. The van der Waals surface area contributed by atoms with E-state index in [9.17, 15) is 14.7 Å². The van der Waals surface area contributed by atoms with Crippen LogP contribution in [0.25, 0.3) is 11.1 Å². The lowest BCUT2D eigenvalue weighted by Crippen LogP contribution is -2.19. The van der Waals surface area contributed by atoms with Crippen molar-refractivity contribution in [1.29, 1.82) is 0 Å². The Kier molecular flexibility index (Phi) is 6.37. The summed E-state index contributed by atoms with van der Waals surface area (Å²) >= 11 is 0. The number of carboxylic acids is 1. The Morgan fingerprint density at radius 1 is 0.938 bits per heavy atom. The van der Waals surface area contributed by atoms with Crippen molar-refractivity contribution >= 4 is 17.7 Å². The van der Waals surface area contributed by atoms with E-state index in [0.29, 0.717) is 12.3 Å². The number of carbonyl (C=O) groups is 2. The van der Waals surface area contributed by atoms with E-state index in [1.54, 1.807) is 0 Å². The SMILES string of the molecule is COCCOc1cc(C(=O)O)ccc1NC(=O)OCC1c2ccccc2-c2ccccc21. The zero-order valence-electron chi connectivity index (χ0n) is 17.5. The summed E-state index contributed by atoms with van der Waals surface area (Å²) < 4.78 is 16.1. The summed E-state index contributed by atoms with van der Waals surface area (Å²) in [6, 6.07) is 20.4. The number of hydrogen-bond acceptors (Lipinski definition) is 5. The van der Waals surface area contributed by atoms with Gasteiger partial charge in [-0.15, -0.1) is 0 Å². The lowest BCUT2D eigenvalue weighted by atomic mass is 9.98. The van der Waals surface area contributed by atoms with E-state index >= 15 is 0 Å². The molecule has 0 aromatic heterocycles. The number of amides is 1. The van der Waals surface area contributed by atoms with Gasteiger partial charge in [0.2, 0.25) is 0 Å². The number of methoxy groups -OCH3 is 1. The normalized spacial score (nSPS) is 12.0. The first-order valence-corrected chi connectivity index (χ1v) is 10.2. The monoisotopic (exact) mass is 433 g/mol. The summed E-state index contributed by atoms with van der Waals surface area (Å²) in [6.07, 6.45) is -0.647. The molecule has 0 saturated heterocycles. The molecule has 4 rings (SSSR count). The second-order valence-corrected chi connectivity index (χ2v) is 7.31. The van der Waals surface area contributed by atoms with Crippen molar-refractivity contribution in [3.8, 4) is 16.9 Å². The summed E-state index contributed by atoms with van der Waals surface area (Å²) in [7, 11) is 1.53. The van der Waals surface area contributed by atoms with Crippen LogP contribution in [0.4, 0.5) is 10.5 Å². The molecule has 1 aliphatic rings. The van der Waals surface area contributed by atoms with Crippen LogP contribution in [0.15, 0.2) is 66.7 Å². The smallest absolute Gasteiger partial charge is 0.411 e. The van der Waals surface area contributed by atoms with Gasteiger partial charge in [0.15, 0.2) is 0 Å². The zero-order valence-corrected chi connectivity index (χ0v) is 17.5. The third-order valence-electron chi connectivity index (χ3n) is 5.35. The van der Waals surface area contributed by atoms with Crippen LogP contribution < -0.4 is 10.1 Å². The molecule has 0 spiro atoms. The van der Waals surface area contributed by atoms with Crippen LogP contribution >= 0.6 is 0 Å². The average molecular weight is 433 g/mol. The van der Waals surface area contributed by atoms with Crippen LogP contribution in [-0.4, -0.2) is 44.1 Å². The van der Waals surface area contributed by atoms with E-state index in [2.05, 4.69) is 17.4 Å². The molecule has 3 aromatic rings. The van der Waals surface area contributed by atoms with Crippen molar-refractivity contribution < 1.29 is 28.9 Å². The Labute approximate surface area is 185 Å². The lowest BCUT2D eigenvalue weighted by Gasteiger charge is -2.16. The molecule has 3 aromatic carbocycles. The van der Waals surface area contributed by atoms with Crippen LogP contribution in [0.1, 0.15) is 27.4 Å². The number of nitrogens with one attached hydrogen (secondary N) is 1. The maximum Gasteiger partial charge on any atom is 0.411 e. The number of ether oxygens (including phenoxy) is 3. The van der Waals surface area contributed by atoms with Crippen LogP contribution in [-0.2, 0) is 9.47 Å². The second kappa shape index (κ2) is 9.53. The fraction of sp³-hybridized carbons (Fsp3) is 0.200. The van der Waals surface area contributed by atoms with E-state index in [1.807, 2.05) is 36.4 Å². The topological polar surface area (TPSA) is 94.1 Å². The first-order valence-electron chi connectivity index (χ1n) is 10.2. The minimum Gasteiger partial charge on any atom is -0.489 e. The summed E-state index contributed by atoms with van der Waals surface area (Å²) in [6.45, 7) is 0.702. The highest BCUT2D eigenvalue weighted by Gasteiger charge is 2.29. The fourth-order valence-corrected chi connectivity index (χ4v) is 3.86. The molecule has 0 bridgehead atoms. The molecular weight excluding hydrogens is 410 g/mol. The van der Waals surface area contributed by atoms with Gasteiger partial charge in [-0.3, -0.25) is 5.32 Å². The molecule has 0 unspecified atom stereocenters. The number of hydrogen-bond donors (Lipinski definition) is 2. The molecule has 2 N–H and O–H groups in total. The molecule has 32 heavy (non-hydrogen) atoms. The van der Waals surface area contributed by atoms with Crippen molar-refractivity contribution in [2.75, 3.05) is 32.2 Å². The van der Waals surface area contributed by atoms with Crippen molar-refractivity contribution in [3.63, 3.8) is 0 Å². The Morgan fingerprint density at radius 3 is 2.22 bits per heavy atom. The molecule has 164 valence electrons. The molecule has 0 heterocycles. The Morgan fingerprint density at radius 2 is 1.59 bits per heavy atom. The molecular formula is C25H23NO6. The Hall–Kier alpha value is -3.84. The molecule has 0 fully saturated rings. The number of anilines is 1. The Bertz CT molecular complexity index is 1100. The Balaban J connectivity index is 1.47. The predicted octanol–water partition coefficient (Wildman–Crippen LogP) is 4.77. The zero-order chi connectivity index (χ0) is 22.5. The highest BCUT2D eigenvalue weighted by molar-refractivity contribution is 5.92. The first kappa shape index (κ1) is 21.4. The molecule has 7 heteroatoms. The van der Waals surface area contributed by atoms with E-state index in [4.69, 9.17) is 14.2 Å². The van der Waals surface area contributed by atoms with E-state index in [1.165, 1.54) is 25.3 Å². The van der Waals surface area contributed by atoms with Crippen LogP contribution in [0.2, 0.25) is 0 Å². The van der Waals surface area contributed by atoms with Gasteiger partial charge in [0.25, 0.3) is 0 Å². The largest absolute Gasteiger partial charge is 0.489 e. The van der Waals surface area contributed by atoms with Gasteiger partial charge in [-0.25, -0.2) is 9.59 Å². The molecule has 0 saturated carbocycles. The highest BCUT2D eigenvalue weighted by atomic mass is 16.5. The third kappa shape index (κ3) is 4.43. The fourth-order valence-electron chi connectivity index (χ4n) is 3.86. The van der Waals surface area contributed by atoms with E-state index in [-0.39, 0.29) is 30.4 Å². The van der Waals surface area contributed by atoms with Crippen LogP contribution in [0.3, 0.4) is 0 Å². The minimum atomic E-state index is -1.09. The number of carbonyl (C=O) groups excluding carboxylic acids is 1. The second-order valence-electron chi connectivity index (χ2n) is 7.31. The van der Waals surface area contributed by atoms with E-state index in [0.717, 1.165) is 22.3 Å². The summed E-state index contributed by atoms with van der Waals surface area (Å²) in [5, 5.41) is 11.9. The molecule has 0 radical (unpaired) electrons. The summed E-state index contributed by atoms with van der Waals surface area (Å²) in [5.74, 6) is -0.912. The van der Waals surface area contributed by atoms with Crippen molar-refractivity contribution in [2.45, 2.75) is 5.92 Å². The molecule has 0 aliphatic heterocycles. The lowest BCUT2D eigenvalue weighted by molar-refractivity contribution is 0.0696. The number of benzene rings is 3. The van der Waals surface area contributed by atoms with Gasteiger partial charge < -0.3 is 19.3 Å². The third-order valence-corrected chi connectivity index (χ3v) is 5.35. The quantitative estimate of drug-likeness (QED) is 0.497. The average Bonchev–Trinajstić information content (AvgIpc) is 3.12. The van der Waals surface area contributed by atoms with Gasteiger partial charge in [-0.2, -0.15) is 0 Å². The van der Waals surface area contributed by atoms with Gasteiger partial charge >= 0.3 is 12.1 Å². The van der Waals surface area contributed by atoms with E-state index < -0.39 is 12.1 Å². The standard InChI is InChI=1S/C25H23NO6/c1-30-12-13-31-23-14-16(24(27)28)10-11-22(23)26-25(29)32-15-21-19-8-4-2-6-17(19)18-7-3-5-9-20(18)21/h2-11,14,21H,12-13,15H2,1H3,(H,26,29)(H,27,28). The number of carboxylic acid groups (broad SMARTS) is 1. The maximum atomic E-state index is 12.6.